The van der Waals surface area contributed by atoms with Gasteiger partial charge >= 0.3 is 5.97 Å². The molecule has 2 rings (SSSR count). The number of phenols is 1. The van der Waals surface area contributed by atoms with Crippen molar-refractivity contribution in [2.45, 2.75) is 13.0 Å². The lowest BCUT2D eigenvalue weighted by Crippen LogP contribution is -2.29. The maximum atomic E-state index is 11.6. The van der Waals surface area contributed by atoms with E-state index in [9.17, 15) is 9.90 Å². The van der Waals surface area contributed by atoms with E-state index in [0.29, 0.717) is 22.7 Å². The van der Waals surface area contributed by atoms with Gasteiger partial charge in [-0.1, -0.05) is 6.58 Å². The molecule has 142 valence electrons. The highest BCUT2D eigenvalue weighted by Gasteiger charge is 2.16. The van der Waals surface area contributed by atoms with Crippen LogP contribution in [-0.2, 0) is 14.3 Å². The van der Waals surface area contributed by atoms with E-state index in [4.69, 9.17) is 14.2 Å². The Balaban J connectivity index is 1.91. The smallest absolute Gasteiger partial charge is 0.333 e. The molecule has 0 fully saturated rings. The van der Waals surface area contributed by atoms with E-state index in [1.165, 1.54) is 7.11 Å². The molecule has 0 amide bonds. The van der Waals surface area contributed by atoms with Gasteiger partial charge in [0.2, 0.25) is 0 Å². The van der Waals surface area contributed by atoms with E-state index < -0.39 is 12.1 Å². The summed E-state index contributed by atoms with van der Waals surface area (Å²) in [5, 5.41) is 17.5. The number of benzene rings is 2. The molecule has 0 spiro atoms. The number of phenolic OH excluding ortho intramolecular Hbond substituents is 1. The molecule has 0 bridgehead atoms. The number of carbonyl (C=O) groups is 1. The van der Waals surface area contributed by atoms with Crippen molar-refractivity contribution in [3.63, 3.8) is 0 Å². The van der Waals surface area contributed by atoms with Crippen LogP contribution < -0.4 is 4.74 Å². The molecule has 1 atom stereocenters. The van der Waals surface area contributed by atoms with Crippen LogP contribution in [0.3, 0.4) is 0 Å². The van der Waals surface area contributed by atoms with Crippen LogP contribution in [0.25, 0.3) is 0 Å². The summed E-state index contributed by atoms with van der Waals surface area (Å²) in [6.07, 6.45) is -0.534. The van der Waals surface area contributed by atoms with Gasteiger partial charge in [-0.3, -0.25) is 0 Å². The van der Waals surface area contributed by atoms with Gasteiger partial charge in [0, 0.05) is 12.7 Å². The summed E-state index contributed by atoms with van der Waals surface area (Å²) in [6.45, 7) is 5.51. The van der Waals surface area contributed by atoms with E-state index in [1.807, 2.05) is 0 Å². The molecule has 2 aromatic rings. The average molecular weight is 370 g/mol. The summed E-state index contributed by atoms with van der Waals surface area (Å²) in [6, 6.07) is 13.4. The van der Waals surface area contributed by atoms with E-state index in [1.54, 1.807) is 55.5 Å². The van der Waals surface area contributed by atoms with Gasteiger partial charge in [0.05, 0.1) is 18.0 Å². The summed E-state index contributed by atoms with van der Waals surface area (Å²) >= 11 is 0. The summed E-state index contributed by atoms with van der Waals surface area (Å²) in [4.78, 5) is 11.6. The largest absolute Gasteiger partial charge is 0.508 e. The van der Waals surface area contributed by atoms with Crippen molar-refractivity contribution in [2.75, 3.05) is 20.3 Å². The zero-order chi connectivity index (χ0) is 19.6. The Hall–Kier alpha value is -3.19. The van der Waals surface area contributed by atoms with Gasteiger partial charge in [-0.2, -0.15) is 10.2 Å². The molecule has 2 aromatic carbocycles. The normalized spacial score (nSPS) is 11.9. The monoisotopic (exact) mass is 370 g/mol. The molecule has 1 unspecified atom stereocenters. The minimum Gasteiger partial charge on any atom is -0.508 e. The Morgan fingerprint density at radius 2 is 1.59 bits per heavy atom. The Bertz CT molecular complexity index is 785. The van der Waals surface area contributed by atoms with Crippen LogP contribution in [0.2, 0.25) is 0 Å². The molecule has 27 heavy (non-hydrogen) atoms. The third kappa shape index (κ3) is 6.91. The Morgan fingerprint density at radius 1 is 1.04 bits per heavy atom. The standard InChI is InChI=1S/C20H22N2O5/c1-14(2)20(24)27-19(12-25-3)13-26-18-10-6-16(7-11-18)22-21-15-4-8-17(23)9-5-15/h4-11,19,23H,1,12-13H2,2-3H3. The SMILES string of the molecule is C=C(C)C(=O)OC(COC)COc1ccc(N=Nc2ccc(O)cc2)cc1. The third-order valence-corrected chi connectivity index (χ3v) is 3.38. The van der Waals surface area contributed by atoms with Gasteiger partial charge in [-0.15, -0.1) is 0 Å². The summed E-state index contributed by atoms with van der Waals surface area (Å²) in [7, 11) is 1.52. The van der Waals surface area contributed by atoms with Crippen LogP contribution in [0.4, 0.5) is 11.4 Å². The van der Waals surface area contributed by atoms with Gasteiger partial charge in [0.15, 0.2) is 6.10 Å². The van der Waals surface area contributed by atoms with Gasteiger partial charge < -0.3 is 19.3 Å². The molecule has 0 saturated carbocycles. The number of esters is 1. The highest BCUT2D eigenvalue weighted by Crippen LogP contribution is 2.22. The van der Waals surface area contributed by atoms with E-state index in [2.05, 4.69) is 16.8 Å². The molecule has 0 radical (unpaired) electrons. The van der Waals surface area contributed by atoms with Gasteiger partial charge in [0.25, 0.3) is 0 Å². The molecule has 0 aliphatic heterocycles. The number of carbonyl (C=O) groups excluding carboxylic acids is 1. The zero-order valence-electron chi connectivity index (χ0n) is 15.3. The van der Waals surface area contributed by atoms with Crippen molar-refractivity contribution < 1.29 is 24.1 Å². The number of azo groups is 1. The van der Waals surface area contributed by atoms with Crippen LogP contribution in [0.5, 0.6) is 11.5 Å². The van der Waals surface area contributed by atoms with Crippen molar-refractivity contribution in [1.82, 2.24) is 0 Å². The highest BCUT2D eigenvalue weighted by atomic mass is 16.6. The van der Waals surface area contributed by atoms with Gasteiger partial charge in [-0.25, -0.2) is 4.79 Å². The lowest BCUT2D eigenvalue weighted by molar-refractivity contribution is -0.148. The number of methoxy groups -OCH3 is 1. The predicted molar refractivity (Wildman–Crippen MR) is 101 cm³/mol. The highest BCUT2D eigenvalue weighted by molar-refractivity contribution is 5.87. The van der Waals surface area contributed by atoms with Crippen molar-refractivity contribution >= 4 is 17.3 Å². The maximum absolute atomic E-state index is 11.6. The second kappa shape index (κ2) is 10.1. The molecular formula is C20H22N2O5. The van der Waals surface area contributed by atoms with Gasteiger partial charge in [-0.05, 0) is 55.5 Å². The molecule has 0 aromatic heterocycles. The lowest BCUT2D eigenvalue weighted by Gasteiger charge is -2.17. The second-order valence-electron chi connectivity index (χ2n) is 5.78. The van der Waals surface area contributed by atoms with Crippen molar-refractivity contribution in [3.05, 3.63) is 60.7 Å². The fraction of sp³-hybridized carbons (Fsp3) is 0.250. The number of rotatable bonds is 9. The molecular weight excluding hydrogens is 348 g/mol. The first kappa shape index (κ1) is 20.1. The Labute approximate surface area is 157 Å². The van der Waals surface area contributed by atoms with Crippen molar-refractivity contribution in [1.29, 1.82) is 0 Å². The fourth-order valence-corrected chi connectivity index (χ4v) is 1.99. The molecule has 0 heterocycles. The number of aromatic hydroxyl groups is 1. The first-order valence-corrected chi connectivity index (χ1v) is 8.27. The van der Waals surface area contributed by atoms with Crippen LogP contribution in [0, 0.1) is 0 Å². The second-order valence-corrected chi connectivity index (χ2v) is 5.78. The topological polar surface area (TPSA) is 89.7 Å². The van der Waals surface area contributed by atoms with E-state index >= 15 is 0 Å². The first-order valence-electron chi connectivity index (χ1n) is 8.27. The first-order chi connectivity index (χ1) is 13.0. The summed E-state index contributed by atoms with van der Waals surface area (Å²) in [5.41, 5.74) is 1.60. The van der Waals surface area contributed by atoms with Gasteiger partial charge in [0.1, 0.15) is 18.1 Å². The minimum atomic E-state index is -0.534. The Kier molecular flexibility index (Phi) is 7.51. The number of nitrogens with zero attached hydrogens (tertiary/aromatic N) is 2. The maximum Gasteiger partial charge on any atom is 0.333 e. The van der Waals surface area contributed by atoms with Crippen molar-refractivity contribution in [3.8, 4) is 11.5 Å². The van der Waals surface area contributed by atoms with Crippen LogP contribution in [0.15, 0.2) is 70.9 Å². The van der Waals surface area contributed by atoms with Crippen LogP contribution in [-0.4, -0.2) is 37.5 Å². The Morgan fingerprint density at radius 3 is 2.11 bits per heavy atom. The molecule has 7 heteroatoms. The molecule has 0 saturated heterocycles. The number of ether oxygens (including phenoxy) is 3. The number of hydrogen-bond donors (Lipinski definition) is 1. The van der Waals surface area contributed by atoms with E-state index in [0.717, 1.165) is 0 Å². The average Bonchev–Trinajstić information content (AvgIpc) is 2.66. The van der Waals surface area contributed by atoms with E-state index in [-0.39, 0.29) is 19.0 Å². The zero-order valence-corrected chi connectivity index (χ0v) is 15.3. The van der Waals surface area contributed by atoms with Crippen molar-refractivity contribution in [2.24, 2.45) is 10.2 Å². The molecule has 1 N–H and O–H groups in total. The predicted octanol–water partition coefficient (Wildman–Crippen LogP) is 4.32. The minimum absolute atomic E-state index is 0.154. The summed E-state index contributed by atoms with van der Waals surface area (Å²) < 4.78 is 15.9. The summed E-state index contributed by atoms with van der Waals surface area (Å²) in [5.74, 6) is 0.299. The molecule has 0 aliphatic carbocycles. The van der Waals surface area contributed by atoms with Crippen LogP contribution >= 0.6 is 0 Å². The molecule has 7 nitrogen and oxygen atoms in total. The molecule has 0 aliphatic rings. The van der Waals surface area contributed by atoms with Crippen LogP contribution in [0.1, 0.15) is 6.92 Å². The lowest BCUT2D eigenvalue weighted by atomic mass is 10.3. The third-order valence-electron chi connectivity index (χ3n) is 3.38. The fourth-order valence-electron chi connectivity index (χ4n) is 1.99. The quantitative estimate of drug-likeness (QED) is 0.403. The number of hydrogen-bond acceptors (Lipinski definition) is 7.